The topological polar surface area (TPSA) is 67.2 Å². The largest absolute Gasteiger partial charge is 0.352 e. The van der Waals surface area contributed by atoms with Gasteiger partial charge in [-0.05, 0) is 43.4 Å². The molecule has 1 aliphatic rings. The van der Waals surface area contributed by atoms with Gasteiger partial charge < -0.3 is 14.8 Å². The Hall–Kier alpha value is -3.22. The molecule has 31 heavy (non-hydrogen) atoms. The van der Waals surface area contributed by atoms with Crippen molar-refractivity contribution in [2.45, 2.75) is 38.8 Å². The Labute approximate surface area is 181 Å². The van der Waals surface area contributed by atoms with Crippen LogP contribution in [0.25, 0.3) is 11.0 Å². The third-order valence-electron chi connectivity index (χ3n) is 5.92. The Morgan fingerprint density at radius 3 is 2.81 bits per heavy atom. The minimum Gasteiger partial charge on any atom is -0.352 e. The number of carbonyl (C=O) groups excluding carboxylic acids is 2. The minimum absolute atomic E-state index is 0.0804. The molecule has 2 aromatic carbocycles. The van der Waals surface area contributed by atoms with Crippen LogP contribution in [0.2, 0.25) is 0 Å². The van der Waals surface area contributed by atoms with Crippen molar-refractivity contribution in [3.05, 3.63) is 66.2 Å². The predicted octanol–water partition coefficient (Wildman–Crippen LogP) is 3.51. The van der Waals surface area contributed by atoms with E-state index in [1.165, 1.54) is 6.07 Å². The third kappa shape index (κ3) is 5.29. The Bertz CT molecular complexity index is 1060. The lowest BCUT2D eigenvalue weighted by Gasteiger charge is -2.33. The van der Waals surface area contributed by atoms with Gasteiger partial charge in [0.25, 0.3) is 0 Å². The predicted molar refractivity (Wildman–Crippen MR) is 117 cm³/mol. The molecule has 2 amide bonds. The van der Waals surface area contributed by atoms with Gasteiger partial charge in [-0.3, -0.25) is 9.59 Å². The first-order valence-electron chi connectivity index (χ1n) is 10.8. The summed E-state index contributed by atoms with van der Waals surface area (Å²) >= 11 is 0. The number of nitrogens with one attached hydrogen (secondary N) is 1. The van der Waals surface area contributed by atoms with E-state index in [4.69, 9.17) is 0 Å². The van der Waals surface area contributed by atoms with Crippen LogP contribution in [-0.4, -0.2) is 39.4 Å². The van der Waals surface area contributed by atoms with Crippen molar-refractivity contribution >= 4 is 22.8 Å². The Kier molecular flexibility index (Phi) is 6.60. The van der Waals surface area contributed by atoms with Crippen LogP contribution in [0, 0.1) is 11.7 Å². The zero-order valence-electron chi connectivity index (χ0n) is 17.5. The second-order valence-electron chi connectivity index (χ2n) is 8.12. The standard InChI is InChI=1S/C24H27FN4O2/c25-20-8-2-1-7-19(20)14-26-23(30)12-11-18-6-5-13-28(15-18)24(31)16-29-17-27-21-9-3-4-10-22(21)29/h1-4,7-10,17-18H,5-6,11-16H2,(H,26,30)/t18-/m1/s1. The second kappa shape index (κ2) is 9.73. The van der Waals surface area contributed by atoms with Gasteiger partial charge in [-0.1, -0.05) is 30.3 Å². The van der Waals surface area contributed by atoms with E-state index in [1.54, 1.807) is 24.5 Å². The number of benzene rings is 2. The van der Waals surface area contributed by atoms with Crippen LogP contribution in [0.1, 0.15) is 31.2 Å². The van der Waals surface area contributed by atoms with Crippen LogP contribution >= 0.6 is 0 Å². The van der Waals surface area contributed by atoms with Crippen molar-refractivity contribution in [3.8, 4) is 0 Å². The number of carbonyl (C=O) groups is 2. The Balaban J connectivity index is 1.25. The van der Waals surface area contributed by atoms with E-state index < -0.39 is 0 Å². The van der Waals surface area contributed by atoms with Gasteiger partial charge in [-0.25, -0.2) is 9.37 Å². The highest BCUT2D eigenvalue weighted by molar-refractivity contribution is 5.80. The third-order valence-corrected chi connectivity index (χ3v) is 5.92. The molecule has 1 aromatic heterocycles. The minimum atomic E-state index is -0.310. The molecule has 0 spiro atoms. The van der Waals surface area contributed by atoms with Crippen LogP contribution in [0.5, 0.6) is 0 Å². The molecular weight excluding hydrogens is 395 g/mol. The molecule has 3 aromatic rings. The molecule has 2 heterocycles. The molecule has 6 nitrogen and oxygen atoms in total. The average Bonchev–Trinajstić information content (AvgIpc) is 3.20. The monoisotopic (exact) mass is 422 g/mol. The number of likely N-dealkylation sites (tertiary alicyclic amines) is 1. The summed E-state index contributed by atoms with van der Waals surface area (Å²) in [5.74, 6) is -0.0141. The molecule has 0 radical (unpaired) electrons. The Morgan fingerprint density at radius 2 is 1.94 bits per heavy atom. The average molecular weight is 423 g/mol. The first kappa shape index (κ1) is 21.0. The smallest absolute Gasteiger partial charge is 0.242 e. The number of amides is 2. The zero-order valence-corrected chi connectivity index (χ0v) is 17.5. The summed E-state index contributed by atoms with van der Waals surface area (Å²) in [7, 11) is 0. The molecule has 0 saturated carbocycles. The number of para-hydroxylation sites is 2. The van der Waals surface area contributed by atoms with E-state index in [2.05, 4.69) is 10.3 Å². The van der Waals surface area contributed by atoms with E-state index in [9.17, 15) is 14.0 Å². The highest BCUT2D eigenvalue weighted by Gasteiger charge is 2.24. The van der Waals surface area contributed by atoms with Crippen molar-refractivity contribution in [1.29, 1.82) is 0 Å². The van der Waals surface area contributed by atoms with Gasteiger partial charge in [-0.2, -0.15) is 0 Å². The molecule has 1 aliphatic heterocycles. The normalized spacial score (nSPS) is 16.4. The fraction of sp³-hybridized carbons (Fsp3) is 0.375. The van der Waals surface area contributed by atoms with Crippen LogP contribution < -0.4 is 5.32 Å². The van der Waals surface area contributed by atoms with Crippen molar-refractivity contribution in [1.82, 2.24) is 19.8 Å². The number of nitrogens with zero attached hydrogens (tertiary/aromatic N) is 3. The van der Waals surface area contributed by atoms with Gasteiger partial charge in [0, 0.05) is 31.6 Å². The molecular formula is C24H27FN4O2. The van der Waals surface area contributed by atoms with Crippen LogP contribution in [0.3, 0.4) is 0 Å². The molecule has 1 N–H and O–H groups in total. The summed E-state index contributed by atoms with van der Waals surface area (Å²) in [5.41, 5.74) is 2.32. The van der Waals surface area contributed by atoms with Crippen LogP contribution in [0.15, 0.2) is 54.9 Å². The molecule has 1 atom stereocenters. The molecule has 4 rings (SSSR count). The number of aromatic nitrogens is 2. The van der Waals surface area contributed by atoms with Crippen molar-refractivity contribution < 1.29 is 14.0 Å². The van der Waals surface area contributed by atoms with Gasteiger partial charge in [-0.15, -0.1) is 0 Å². The number of rotatable bonds is 7. The van der Waals surface area contributed by atoms with E-state index in [0.29, 0.717) is 24.4 Å². The summed E-state index contributed by atoms with van der Waals surface area (Å²) in [6, 6.07) is 14.2. The molecule has 0 unspecified atom stereocenters. The lowest BCUT2D eigenvalue weighted by atomic mass is 9.93. The van der Waals surface area contributed by atoms with Crippen LogP contribution in [0.4, 0.5) is 4.39 Å². The molecule has 1 saturated heterocycles. The second-order valence-corrected chi connectivity index (χ2v) is 8.12. The lowest BCUT2D eigenvalue weighted by Crippen LogP contribution is -2.41. The number of imidazole rings is 1. The quantitative estimate of drug-likeness (QED) is 0.634. The zero-order chi connectivity index (χ0) is 21.6. The van der Waals surface area contributed by atoms with E-state index >= 15 is 0 Å². The summed E-state index contributed by atoms with van der Waals surface area (Å²) < 4.78 is 15.5. The van der Waals surface area contributed by atoms with E-state index in [-0.39, 0.29) is 30.7 Å². The van der Waals surface area contributed by atoms with Crippen molar-refractivity contribution in [2.24, 2.45) is 5.92 Å². The SMILES string of the molecule is O=C(CC[C@H]1CCCN(C(=O)Cn2cnc3ccccc32)C1)NCc1ccccc1F. The van der Waals surface area contributed by atoms with Gasteiger partial charge >= 0.3 is 0 Å². The first-order chi connectivity index (χ1) is 15.1. The maximum Gasteiger partial charge on any atom is 0.242 e. The molecule has 1 fully saturated rings. The van der Waals surface area contributed by atoms with Gasteiger partial charge in [0.05, 0.1) is 17.4 Å². The van der Waals surface area contributed by atoms with E-state index in [1.807, 2.05) is 33.7 Å². The number of halogens is 1. The number of hydrogen-bond acceptors (Lipinski definition) is 3. The van der Waals surface area contributed by atoms with Gasteiger partial charge in [0.15, 0.2) is 0 Å². The molecule has 7 heteroatoms. The maximum atomic E-state index is 13.7. The van der Waals surface area contributed by atoms with Crippen molar-refractivity contribution in [2.75, 3.05) is 13.1 Å². The van der Waals surface area contributed by atoms with Crippen LogP contribution in [-0.2, 0) is 22.7 Å². The molecule has 0 bridgehead atoms. The Morgan fingerprint density at radius 1 is 1.13 bits per heavy atom. The lowest BCUT2D eigenvalue weighted by molar-refractivity contribution is -0.133. The highest BCUT2D eigenvalue weighted by Crippen LogP contribution is 2.22. The summed E-state index contributed by atoms with van der Waals surface area (Å²) in [6.45, 7) is 1.89. The summed E-state index contributed by atoms with van der Waals surface area (Å²) in [5, 5.41) is 2.79. The van der Waals surface area contributed by atoms with Gasteiger partial charge in [0.2, 0.25) is 11.8 Å². The number of fused-ring (bicyclic) bond motifs is 1. The van der Waals surface area contributed by atoms with Crippen molar-refractivity contribution in [3.63, 3.8) is 0 Å². The highest BCUT2D eigenvalue weighted by atomic mass is 19.1. The number of hydrogen-bond donors (Lipinski definition) is 1. The summed E-state index contributed by atoms with van der Waals surface area (Å²) in [4.78, 5) is 31.3. The van der Waals surface area contributed by atoms with Gasteiger partial charge in [0.1, 0.15) is 12.4 Å². The molecule has 162 valence electrons. The fourth-order valence-corrected chi connectivity index (χ4v) is 4.17. The first-order valence-corrected chi connectivity index (χ1v) is 10.8. The fourth-order valence-electron chi connectivity index (χ4n) is 4.17. The molecule has 0 aliphatic carbocycles. The van der Waals surface area contributed by atoms with E-state index in [0.717, 1.165) is 36.8 Å². The summed E-state index contributed by atoms with van der Waals surface area (Å²) in [6.07, 6.45) is 4.77. The maximum absolute atomic E-state index is 13.7. The number of piperidine rings is 1.